The lowest BCUT2D eigenvalue weighted by Crippen LogP contribution is -2.19. The van der Waals surface area contributed by atoms with Gasteiger partial charge in [0.05, 0.1) is 0 Å². The Kier molecular flexibility index (Phi) is 3.69. The Bertz CT molecular complexity index is 297. The van der Waals surface area contributed by atoms with Crippen molar-refractivity contribution in [1.29, 1.82) is 0 Å². The lowest BCUT2D eigenvalue weighted by atomic mass is 10.3. The molecule has 0 atom stereocenters. The maximum atomic E-state index is 10.9. The topological polar surface area (TPSA) is 20.3 Å². The molecule has 1 aromatic carbocycles. The lowest BCUT2D eigenvalue weighted by molar-refractivity contribution is 0.266. The van der Waals surface area contributed by atoms with Gasteiger partial charge in [-0.15, -0.1) is 11.8 Å². The average Bonchev–Trinajstić information content (AvgIpc) is 2.17. The van der Waals surface area contributed by atoms with Gasteiger partial charge in [-0.05, 0) is 30.5 Å². The first-order chi connectivity index (χ1) is 6.15. The number of anilines is 1. The van der Waals surface area contributed by atoms with Gasteiger partial charge in [0.1, 0.15) is 0 Å². The molecule has 2 nitrogen and oxygen atoms in total. The highest BCUT2D eigenvalue weighted by Crippen LogP contribution is 2.20. The number of hydrogen-bond donors (Lipinski definition) is 1. The van der Waals surface area contributed by atoms with Crippen LogP contribution in [0.1, 0.15) is 0 Å². The van der Waals surface area contributed by atoms with Gasteiger partial charge in [-0.3, -0.25) is 4.79 Å². The Morgan fingerprint density at radius 2 is 1.92 bits per heavy atom. The van der Waals surface area contributed by atoms with Crippen molar-refractivity contribution >= 4 is 35.3 Å². The summed E-state index contributed by atoms with van der Waals surface area (Å²) in [5.41, 5.74) is 0.859. The van der Waals surface area contributed by atoms with E-state index >= 15 is 0 Å². The van der Waals surface area contributed by atoms with Gasteiger partial charge in [0.2, 0.25) is 0 Å². The van der Waals surface area contributed by atoms with Crippen LogP contribution < -0.4 is 4.90 Å². The molecule has 0 unspecified atom stereocenters. The Labute approximate surface area is 87.7 Å². The van der Waals surface area contributed by atoms with Crippen molar-refractivity contribution in [2.24, 2.45) is 0 Å². The number of amides is 1. The number of nitrogens with zero attached hydrogens (tertiary/aromatic N) is 1. The SMILES string of the molecule is CSc1ccc(N(C)C(=O)S)cc1. The molecular formula is C9H11NOS2. The number of carbonyl (C=O) groups excluding carboxylic acids is 1. The van der Waals surface area contributed by atoms with E-state index in [9.17, 15) is 4.79 Å². The van der Waals surface area contributed by atoms with E-state index in [1.807, 2.05) is 30.5 Å². The highest BCUT2D eigenvalue weighted by molar-refractivity contribution is 7.98. The van der Waals surface area contributed by atoms with Crippen molar-refractivity contribution in [3.8, 4) is 0 Å². The molecule has 1 rings (SSSR count). The maximum absolute atomic E-state index is 10.9. The summed E-state index contributed by atoms with van der Waals surface area (Å²) in [6, 6.07) is 7.76. The standard InChI is InChI=1S/C9H11NOS2/c1-10(9(11)12)7-3-5-8(13-2)6-4-7/h3-6H,1-2H3,(H,11,12). The van der Waals surface area contributed by atoms with Crippen molar-refractivity contribution in [3.63, 3.8) is 0 Å². The van der Waals surface area contributed by atoms with Gasteiger partial charge in [0, 0.05) is 17.6 Å². The van der Waals surface area contributed by atoms with Crippen LogP contribution in [0.5, 0.6) is 0 Å². The molecule has 0 bridgehead atoms. The lowest BCUT2D eigenvalue weighted by Gasteiger charge is -2.13. The third kappa shape index (κ3) is 2.67. The van der Waals surface area contributed by atoms with E-state index in [-0.39, 0.29) is 5.24 Å². The highest BCUT2D eigenvalue weighted by Gasteiger charge is 2.04. The number of hydrogen-bond acceptors (Lipinski definition) is 2. The second kappa shape index (κ2) is 4.58. The summed E-state index contributed by atoms with van der Waals surface area (Å²) in [4.78, 5) is 13.6. The molecule has 1 amide bonds. The van der Waals surface area contributed by atoms with Crippen LogP contribution in [0.2, 0.25) is 0 Å². The fourth-order valence-corrected chi connectivity index (χ4v) is 1.44. The molecule has 0 aromatic heterocycles. The zero-order chi connectivity index (χ0) is 9.84. The second-order valence-electron chi connectivity index (χ2n) is 2.54. The van der Waals surface area contributed by atoms with Crippen molar-refractivity contribution in [2.45, 2.75) is 4.90 Å². The largest absolute Gasteiger partial charge is 0.307 e. The molecule has 0 radical (unpaired) electrons. The van der Waals surface area contributed by atoms with Crippen LogP contribution in [0.3, 0.4) is 0 Å². The smallest absolute Gasteiger partial charge is 0.282 e. The fourth-order valence-electron chi connectivity index (χ4n) is 0.916. The summed E-state index contributed by atoms with van der Waals surface area (Å²) in [5.74, 6) is 0. The molecule has 0 fully saturated rings. The first-order valence-electron chi connectivity index (χ1n) is 3.76. The van der Waals surface area contributed by atoms with Crippen molar-refractivity contribution in [2.75, 3.05) is 18.2 Å². The van der Waals surface area contributed by atoms with Crippen LogP contribution in [0.4, 0.5) is 10.5 Å². The molecule has 1 aromatic rings. The quantitative estimate of drug-likeness (QED) is 0.602. The summed E-state index contributed by atoms with van der Waals surface area (Å²) in [6.07, 6.45) is 2.02. The number of thioether (sulfide) groups is 1. The van der Waals surface area contributed by atoms with Gasteiger partial charge in [-0.1, -0.05) is 12.6 Å². The predicted octanol–water partition coefficient (Wildman–Crippen LogP) is 2.89. The normalized spacial score (nSPS) is 9.77. The van der Waals surface area contributed by atoms with Crippen molar-refractivity contribution in [1.82, 2.24) is 0 Å². The Balaban J connectivity index is 2.85. The van der Waals surface area contributed by atoms with Gasteiger partial charge < -0.3 is 4.90 Å². The van der Waals surface area contributed by atoms with E-state index in [1.54, 1.807) is 18.8 Å². The number of rotatable bonds is 2. The van der Waals surface area contributed by atoms with E-state index in [0.29, 0.717) is 0 Å². The minimum absolute atomic E-state index is 0.253. The molecule has 4 heteroatoms. The third-order valence-electron chi connectivity index (χ3n) is 1.75. The number of benzene rings is 1. The molecular weight excluding hydrogens is 202 g/mol. The van der Waals surface area contributed by atoms with Crippen LogP contribution in [0.15, 0.2) is 29.2 Å². The molecule has 0 spiro atoms. The fraction of sp³-hybridized carbons (Fsp3) is 0.222. The van der Waals surface area contributed by atoms with E-state index in [4.69, 9.17) is 0 Å². The Morgan fingerprint density at radius 3 is 2.31 bits per heavy atom. The summed E-state index contributed by atoms with van der Waals surface area (Å²) in [6.45, 7) is 0. The first-order valence-corrected chi connectivity index (χ1v) is 5.43. The van der Waals surface area contributed by atoms with Crippen LogP contribution in [0, 0.1) is 0 Å². The highest BCUT2D eigenvalue weighted by atomic mass is 32.2. The predicted molar refractivity (Wildman–Crippen MR) is 61.0 cm³/mol. The van der Waals surface area contributed by atoms with E-state index in [0.717, 1.165) is 5.69 Å². The van der Waals surface area contributed by atoms with E-state index < -0.39 is 0 Å². The van der Waals surface area contributed by atoms with Crippen LogP contribution >= 0.6 is 24.4 Å². The van der Waals surface area contributed by atoms with Gasteiger partial charge >= 0.3 is 0 Å². The summed E-state index contributed by atoms with van der Waals surface area (Å²) >= 11 is 5.41. The monoisotopic (exact) mass is 213 g/mol. The minimum Gasteiger partial charge on any atom is -0.307 e. The molecule has 0 N–H and O–H groups in total. The van der Waals surface area contributed by atoms with E-state index in [2.05, 4.69) is 12.6 Å². The molecule has 0 aliphatic carbocycles. The Morgan fingerprint density at radius 1 is 1.38 bits per heavy atom. The molecule has 0 saturated carbocycles. The second-order valence-corrected chi connectivity index (χ2v) is 3.80. The molecule has 0 heterocycles. The van der Waals surface area contributed by atoms with Crippen molar-refractivity contribution < 1.29 is 4.79 Å². The molecule has 0 aliphatic rings. The summed E-state index contributed by atoms with van der Waals surface area (Å²) in [5, 5.41) is -0.253. The minimum atomic E-state index is -0.253. The summed E-state index contributed by atoms with van der Waals surface area (Å²) in [7, 11) is 1.70. The first kappa shape index (κ1) is 10.5. The molecule has 70 valence electrons. The molecule has 0 saturated heterocycles. The molecule has 13 heavy (non-hydrogen) atoms. The van der Waals surface area contributed by atoms with E-state index in [1.165, 1.54) is 9.80 Å². The average molecular weight is 213 g/mol. The zero-order valence-corrected chi connectivity index (χ0v) is 9.23. The van der Waals surface area contributed by atoms with Gasteiger partial charge in [0.25, 0.3) is 5.24 Å². The molecule has 0 aliphatic heterocycles. The third-order valence-corrected chi connectivity index (χ3v) is 2.79. The van der Waals surface area contributed by atoms with Gasteiger partial charge in [0.15, 0.2) is 0 Å². The number of carbonyl (C=O) groups is 1. The van der Waals surface area contributed by atoms with Gasteiger partial charge in [-0.2, -0.15) is 0 Å². The van der Waals surface area contributed by atoms with Crippen molar-refractivity contribution in [3.05, 3.63) is 24.3 Å². The number of thiol groups is 1. The van der Waals surface area contributed by atoms with Crippen LogP contribution in [0.25, 0.3) is 0 Å². The summed E-state index contributed by atoms with van der Waals surface area (Å²) < 4.78 is 0. The zero-order valence-electron chi connectivity index (χ0n) is 7.52. The van der Waals surface area contributed by atoms with Gasteiger partial charge in [-0.25, -0.2) is 0 Å². The van der Waals surface area contributed by atoms with Crippen LogP contribution in [-0.2, 0) is 0 Å². The maximum Gasteiger partial charge on any atom is 0.282 e. The Hall–Kier alpha value is -0.610. The van der Waals surface area contributed by atoms with Crippen LogP contribution in [-0.4, -0.2) is 18.5 Å².